The standard InChI is InChI=1S/C50H31NOS/c1-2-10-32(11-3-1)33-20-23-37(24-21-33)51(38-16-8-15-36(30-38)41-19-9-14-34-12-4-6-17-40(34)41)39-25-27-43-47(31-39)53-46-29-28-45-48(49(43)46)44-26-22-35-13-5-7-18-42(35)50(44)52-45/h1-31H. The first-order valence-electron chi connectivity index (χ1n) is 18.0. The molecule has 11 rings (SSSR count). The van der Waals surface area contributed by atoms with E-state index in [1.165, 1.54) is 69.4 Å². The fourth-order valence-electron chi connectivity index (χ4n) is 8.16. The van der Waals surface area contributed by atoms with E-state index in [0.717, 1.165) is 33.6 Å². The third-order valence-electron chi connectivity index (χ3n) is 10.6. The molecule has 0 radical (unpaired) electrons. The topological polar surface area (TPSA) is 16.4 Å². The summed E-state index contributed by atoms with van der Waals surface area (Å²) in [5.74, 6) is 0. The highest BCUT2D eigenvalue weighted by molar-refractivity contribution is 7.26. The quantitative estimate of drug-likeness (QED) is 0.178. The SMILES string of the molecule is c1ccc(-c2ccc(N(c3cccc(-c4cccc5ccccc45)c3)c3ccc4c(c3)sc3ccc5oc6c7ccccc7ccc6c5c34)cc2)cc1. The molecule has 0 fully saturated rings. The summed E-state index contributed by atoms with van der Waals surface area (Å²) >= 11 is 1.85. The summed E-state index contributed by atoms with van der Waals surface area (Å²) in [4.78, 5) is 2.39. The van der Waals surface area contributed by atoms with Crippen LogP contribution in [0, 0.1) is 0 Å². The molecular formula is C50H31NOS. The molecule has 2 aromatic heterocycles. The molecule has 0 aliphatic rings. The van der Waals surface area contributed by atoms with E-state index >= 15 is 0 Å². The molecular weight excluding hydrogens is 663 g/mol. The first-order chi connectivity index (χ1) is 26.3. The maximum Gasteiger partial charge on any atom is 0.143 e. The molecule has 3 heteroatoms. The van der Waals surface area contributed by atoms with Crippen LogP contribution in [0.4, 0.5) is 17.1 Å². The van der Waals surface area contributed by atoms with Gasteiger partial charge < -0.3 is 9.32 Å². The Kier molecular flexibility index (Phi) is 6.76. The number of rotatable bonds is 5. The second-order valence-corrected chi connectivity index (χ2v) is 14.8. The van der Waals surface area contributed by atoms with Gasteiger partial charge in [0.05, 0.1) is 0 Å². The summed E-state index contributed by atoms with van der Waals surface area (Å²) in [5.41, 5.74) is 10.0. The van der Waals surface area contributed by atoms with Gasteiger partial charge in [-0.3, -0.25) is 0 Å². The zero-order valence-corrected chi connectivity index (χ0v) is 29.5. The fourth-order valence-corrected chi connectivity index (χ4v) is 9.31. The predicted molar refractivity (Wildman–Crippen MR) is 227 cm³/mol. The highest BCUT2D eigenvalue weighted by Gasteiger charge is 2.19. The Morgan fingerprint density at radius 1 is 0.377 bits per heavy atom. The molecule has 0 bridgehead atoms. The van der Waals surface area contributed by atoms with Gasteiger partial charge in [-0.15, -0.1) is 11.3 Å². The number of benzene rings is 9. The van der Waals surface area contributed by atoms with Crippen molar-refractivity contribution in [3.8, 4) is 22.3 Å². The van der Waals surface area contributed by atoms with Crippen molar-refractivity contribution in [3.63, 3.8) is 0 Å². The molecule has 0 aliphatic carbocycles. The van der Waals surface area contributed by atoms with E-state index in [1.807, 2.05) is 11.3 Å². The molecule has 0 atom stereocenters. The number of anilines is 3. The lowest BCUT2D eigenvalue weighted by atomic mass is 9.97. The molecule has 9 aromatic carbocycles. The third kappa shape index (κ3) is 4.86. The number of furan rings is 1. The lowest BCUT2D eigenvalue weighted by molar-refractivity contribution is 0.673. The van der Waals surface area contributed by atoms with Gasteiger partial charge in [-0.2, -0.15) is 0 Å². The molecule has 0 spiro atoms. The molecule has 0 aliphatic heterocycles. The summed E-state index contributed by atoms with van der Waals surface area (Å²) in [6.45, 7) is 0. The van der Waals surface area contributed by atoms with Gasteiger partial charge in [-0.25, -0.2) is 0 Å². The van der Waals surface area contributed by atoms with Gasteiger partial charge in [0.2, 0.25) is 0 Å². The number of fused-ring (bicyclic) bond motifs is 10. The van der Waals surface area contributed by atoms with Crippen molar-refractivity contribution in [3.05, 3.63) is 188 Å². The molecule has 2 nitrogen and oxygen atoms in total. The molecule has 0 saturated carbocycles. The van der Waals surface area contributed by atoms with Crippen molar-refractivity contribution in [1.29, 1.82) is 0 Å². The van der Waals surface area contributed by atoms with E-state index in [9.17, 15) is 0 Å². The number of nitrogens with zero attached hydrogens (tertiary/aromatic N) is 1. The van der Waals surface area contributed by atoms with Crippen LogP contribution in [0.1, 0.15) is 0 Å². The Hall–Kier alpha value is -6.68. The number of hydrogen-bond acceptors (Lipinski definition) is 3. The first-order valence-corrected chi connectivity index (χ1v) is 18.8. The highest BCUT2D eigenvalue weighted by Crippen LogP contribution is 2.46. The monoisotopic (exact) mass is 693 g/mol. The average molecular weight is 694 g/mol. The van der Waals surface area contributed by atoms with Crippen LogP contribution in [0.3, 0.4) is 0 Å². The zero-order chi connectivity index (χ0) is 34.9. The third-order valence-corrected chi connectivity index (χ3v) is 11.8. The van der Waals surface area contributed by atoms with Crippen molar-refractivity contribution in [2.45, 2.75) is 0 Å². The van der Waals surface area contributed by atoms with Crippen LogP contribution in [0.25, 0.3) is 85.9 Å². The Morgan fingerprint density at radius 3 is 1.91 bits per heavy atom. The van der Waals surface area contributed by atoms with Gasteiger partial charge in [-0.05, 0) is 93.0 Å². The van der Waals surface area contributed by atoms with Gasteiger partial charge in [0.25, 0.3) is 0 Å². The van der Waals surface area contributed by atoms with Crippen molar-refractivity contribution in [2.75, 3.05) is 4.90 Å². The summed E-state index contributed by atoms with van der Waals surface area (Å²) in [5, 5.41) is 9.71. The van der Waals surface area contributed by atoms with Crippen LogP contribution < -0.4 is 4.90 Å². The van der Waals surface area contributed by atoms with Crippen LogP contribution in [-0.4, -0.2) is 0 Å². The second-order valence-electron chi connectivity index (χ2n) is 13.7. The van der Waals surface area contributed by atoms with Gasteiger partial charge >= 0.3 is 0 Å². The Balaban J connectivity index is 1.10. The van der Waals surface area contributed by atoms with Gasteiger partial charge in [0.1, 0.15) is 11.2 Å². The predicted octanol–water partition coefficient (Wildman–Crippen LogP) is 15.1. The summed E-state index contributed by atoms with van der Waals surface area (Å²) in [6, 6.07) is 67.9. The van der Waals surface area contributed by atoms with E-state index in [-0.39, 0.29) is 0 Å². The van der Waals surface area contributed by atoms with Crippen LogP contribution in [0.15, 0.2) is 192 Å². The van der Waals surface area contributed by atoms with E-state index in [1.54, 1.807) is 0 Å². The number of thiophene rings is 1. The van der Waals surface area contributed by atoms with Crippen molar-refractivity contribution < 1.29 is 4.42 Å². The lowest BCUT2D eigenvalue weighted by Crippen LogP contribution is -2.10. The Morgan fingerprint density at radius 2 is 1.04 bits per heavy atom. The van der Waals surface area contributed by atoms with E-state index in [4.69, 9.17) is 4.42 Å². The van der Waals surface area contributed by atoms with Crippen LogP contribution in [-0.2, 0) is 0 Å². The number of hydrogen-bond donors (Lipinski definition) is 0. The normalized spacial score (nSPS) is 11.8. The van der Waals surface area contributed by atoms with Crippen molar-refractivity contribution in [2.24, 2.45) is 0 Å². The highest BCUT2D eigenvalue weighted by atomic mass is 32.1. The molecule has 0 unspecified atom stereocenters. The summed E-state index contributed by atoms with van der Waals surface area (Å²) in [6.07, 6.45) is 0. The molecule has 0 amide bonds. The first kappa shape index (κ1) is 30.0. The fraction of sp³-hybridized carbons (Fsp3) is 0. The molecule has 0 N–H and O–H groups in total. The largest absolute Gasteiger partial charge is 0.455 e. The van der Waals surface area contributed by atoms with Crippen molar-refractivity contribution in [1.82, 2.24) is 0 Å². The molecule has 53 heavy (non-hydrogen) atoms. The molecule has 11 aromatic rings. The lowest BCUT2D eigenvalue weighted by Gasteiger charge is -2.26. The maximum absolute atomic E-state index is 6.58. The van der Waals surface area contributed by atoms with E-state index in [0.29, 0.717) is 0 Å². The van der Waals surface area contributed by atoms with E-state index < -0.39 is 0 Å². The Bertz CT molecular complexity index is 3170. The average Bonchev–Trinajstić information content (AvgIpc) is 3.80. The minimum atomic E-state index is 0.929. The van der Waals surface area contributed by atoms with E-state index in [2.05, 4.69) is 193 Å². The van der Waals surface area contributed by atoms with Crippen LogP contribution in [0.5, 0.6) is 0 Å². The smallest absolute Gasteiger partial charge is 0.143 e. The van der Waals surface area contributed by atoms with Gasteiger partial charge in [-0.1, -0.05) is 133 Å². The van der Waals surface area contributed by atoms with Gasteiger partial charge in [0, 0.05) is 53.4 Å². The van der Waals surface area contributed by atoms with Crippen LogP contribution in [0.2, 0.25) is 0 Å². The zero-order valence-electron chi connectivity index (χ0n) is 28.7. The molecule has 248 valence electrons. The molecule has 0 saturated heterocycles. The maximum atomic E-state index is 6.58. The molecule has 2 heterocycles. The summed E-state index contributed by atoms with van der Waals surface area (Å²) < 4.78 is 9.09. The second kappa shape index (κ2) is 11.9. The minimum Gasteiger partial charge on any atom is -0.455 e. The Labute approximate surface area is 310 Å². The summed E-state index contributed by atoms with van der Waals surface area (Å²) in [7, 11) is 0. The van der Waals surface area contributed by atoms with Crippen LogP contribution >= 0.6 is 11.3 Å². The minimum absolute atomic E-state index is 0.929. The van der Waals surface area contributed by atoms with Crippen molar-refractivity contribution >= 4 is 92.1 Å². The van der Waals surface area contributed by atoms with Gasteiger partial charge in [0.15, 0.2) is 0 Å².